The Kier molecular flexibility index (Phi) is 22.4. The number of aryl methyl sites for hydroxylation is 1. The lowest BCUT2D eigenvalue weighted by Gasteiger charge is -2.30. The Bertz CT molecular complexity index is 1210. The number of hydrogen-bond acceptors (Lipinski definition) is 8. The largest absolute Gasteiger partial charge is 0.508 e. The van der Waals surface area contributed by atoms with Crippen molar-refractivity contribution in [1.29, 1.82) is 0 Å². The van der Waals surface area contributed by atoms with Crippen molar-refractivity contribution in [3.05, 3.63) is 77.9 Å². The average Bonchev–Trinajstić information content (AvgIpc) is 3.09. The summed E-state index contributed by atoms with van der Waals surface area (Å²) >= 11 is 0. The lowest BCUT2D eigenvalue weighted by Crippen LogP contribution is -2.44. The van der Waals surface area contributed by atoms with Crippen molar-refractivity contribution >= 4 is 30.3 Å². The van der Waals surface area contributed by atoms with Crippen LogP contribution in [0.2, 0.25) is 0 Å². The van der Waals surface area contributed by atoms with E-state index in [0.29, 0.717) is 30.9 Å². The van der Waals surface area contributed by atoms with E-state index in [-0.39, 0.29) is 12.6 Å². The maximum absolute atomic E-state index is 10.7. The standard InChI is InChI=1S/C17H23NO.C13H24N2O3.C7H8O.CH2O/c1-3-4-8-14(2)19-18-13-16-11-7-10-15-9-5-6-12-17(15)16;1-14(9-12-5-3-2-4-6-12)10-13(18)15(11-17)7-8-16;1-6-2-4-7(8)5-3-6;1-2/h5-7,9-12,14,18H,3-4,8,13H2,1-2H3;8,11-13,18H,2-7,9-10H2,1H3;2-5,8H,1H3;1H2. The number of aromatic hydroxyl groups is 1. The minimum atomic E-state index is -0.902. The van der Waals surface area contributed by atoms with E-state index in [0.717, 1.165) is 24.4 Å². The highest BCUT2D eigenvalue weighted by atomic mass is 16.7. The summed E-state index contributed by atoms with van der Waals surface area (Å²) in [5.74, 6) is 1.03. The first kappa shape index (κ1) is 41.4. The SMILES string of the molecule is C=O.CCCCC(C)ONCc1cccc2ccccc12.CN(CC1CCCCC1)CC(O)N(C=O)CC=O.Cc1ccc(O)cc1. The van der Waals surface area contributed by atoms with Gasteiger partial charge in [-0.2, -0.15) is 5.48 Å². The predicted octanol–water partition coefficient (Wildman–Crippen LogP) is 6.43. The molecule has 1 aliphatic rings. The third-order valence-electron chi connectivity index (χ3n) is 8.00. The van der Waals surface area contributed by atoms with Crippen molar-refractivity contribution in [1.82, 2.24) is 15.3 Å². The van der Waals surface area contributed by atoms with E-state index < -0.39 is 6.23 Å². The molecule has 1 aliphatic carbocycles. The number of hydroxylamine groups is 1. The molecule has 0 bridgehead atoms. The maximum atomic E-state index is 10.7. The number of aldehydes is 1. The van der Waals surface area contributed by atoms with Crippen LogP contribution in [0.4, 0.5) is 0 Å². The van der Waals surface area contributed by atoms with E-state index in [9.17, 15) is 14.7 Å². The topological polar surface area (TPSA) is 119 Å². The van der Waals surface area contributed by atoms with Crippen LogP contribution in [-0.4, -0.2) is 78.5 Å². The first-order chi connectivity index (χ1) is 22.8. The smallest absolute Gasteiger partial charge is 0.212 e. The van der Waals surface area contributed by atoms with Crippen LogP contribution in [0.15, 0.2) is 66.7 Å². The van der Waals surface area contributed by atoms with Gasteiger partial charge >= 0.3 is 0 Å². The summed E-state index contributed by atoms with van der Waals surface area (Å²) in [7, 11) is 1.95. The van der Waals surface area contributed by atoms with E-state index >= 15 is 0 Å². The molecule has 1 amide bonds. The zero-order valence-electron chi connectivity index (χ0n) is 28.9. The summed E-state index contributed by atoms with van der Waals surface area (Å²) in [4.78, 5) is 37.9. The summed E-state index contributed by atoms with van der Waals surface area (Å²) in [5.41, 5.74) is 5.55. The molecule has 47 heavy (non-hydrogen) atoms. The summed E-state index contributed by atoms with van der Waals surface area (Å²) in [5, 5.41) is 21.2. The first-order valence-corrected chi connectivity index (χ1v) is 16.7. The third kappa shape index (κ3) is 17.8. The van der Waals surface area contributed by atoms with Crippen molar-refractivity contribution < 1.29 is 29.4 Å². The minimum absolute atomic E-state index is 0.0536. The molecule has 0 aromatic heterocycles. The molecule has 3 N–H and O–H groups in total. The number of nitrogens with zero attached hydrogens (tertiary/aromatic N) is 2. The first-order valence-electron chi connectivity index (χ1n) is 16.7. The van der Waals surface area contributed by atoms with Gasteiger partial charge in [0, 0.05) is 19.6 Å². The van der Waals surface area contributed by atoms with Crippen molar-refractivity contribution in [2.24, 2.45) is 5.92 Å². The zero-order valence-corrected chi connectivity index (χ0v) is 28.9. The lowest BCUT2D eigenvalue weighted by atomic mass is 9.89. The molecule has 2 atom stereocenters. The number of likely N-dealkylation sites (N-methyl/N-ethyl adjacent to an activating group) is 1. The van der Waals surface area contributed by atoms with Crippen LogP contribution < -0.4 is 5.48 Å². The van der Waals surface area contributed by atoms with E-state index in [1.54, 1.807) is 12.1 Å². The molecule has 3 aromatic rings. The molecule has 2 unspecified atom stereocenters. The van der Waals surface area contributed by atoms with Gasteiger partial charge in [-0.15, -0.1) is 0 Å². The molecule has 3 aromatic carbocycles. The third-order valence-corrected chi connectivity index (χ3v) is 8.00. The number of fused-ring (bicyclic) bond motifs is 1. The minimum Gasteiger partial charge on any atom is -0.508 e. The van der Waals surface area contributed by atoms with E-state index in [1.165, 1.54) is 66.8 Å². The Balaban J connectivity index is 0.000000367. The number of hydrogen-bond donors (Lipinski definition) is 3. The van der Waals surface area contributed by atoms with Crippen LogP contribution in [0, 0.1) is 12.8 Å². The van der Waals surface area contributed by atoms with Gasteiger partial charge in [-0.25, -0.2) is 0 Å². The van der Waals surface area contributed by atoms with Crippen LogP contribution >= 0.6 is 0 Å². The van der Waals surface area contributed by atoms with Gasteiger partial charge in [-0.05, 0) is 74.5 Å². The second-order valence-corrected chi connectivity index (χ2v) is 12.0. The van der Waals surface area contributed by atoms with Crippen molar-refractivity contribution in [3.8, 4) is 5.75 Å². The fraction of sp³-hybridized carbons (Fsp3) is 0.500. The van der Waals surface area contributed by atoms with E-state index in [1.807, 2.05) is 37.8 Å². The van der Waals surface area contributed by atoms with Crippen LogP contribution in [0.25, 0.3) is 10.8 Å². The van der Waals surface area contributed by atoms with Crippen LogP contribution in [0.3, 0.4) is 0 Å². The molecule has 260 valence electrons. The van der Waals surface area contributed by atoms with Crippen molar-refractivity contribution in [2.45, 2.75) is 91.0 Å². The normalized spacial score (nSPS) is 13.9. The second-order valence-electron chi connectivity index (χ2n) is 12.0. The Hall–Kier alpha value is -3.63. The van der Waals surface area contributed by atoms with Crippen molar-refractivity contribution in [3.63, 3.8) is 0 Å². The van der Waals surface area contributed by atoms with Gasteiger partial charge in [0.15, 0.2) is 0 Å². The molecule has 0 heterocycles. The fourth-order valence-corrected chi connectivity index (χ4v) is 5.39. The fourth-order valence-electron chi connectivity index (χ4n) is 5.39. The highest BCUT2D eigenvalue weighted by molar-refractivity contribution is 5.85. The van der Waals surface area contributed by atoms with Gasteiger partial charge in [0.25, 0.3) is 0 Å². The van der Waals surface area contributed by atoms with Crippen LogP contribution in [0.5, 0.6) is 5.75 Å². The number of nitrogens with one attached hydrogen (secondary N) is 1. The number of phenols is 1. The Morgan fingerprint density at radius 3 is 2.28 bits per heavy atom. The highest BCUT2D eigenvalue weighted by Gasteiger charge is 2.19. The summed E-state index contributed by atoms with van der Waals surface area (Å²) in [6, 6.07) is 21.9. The monoisotopic (exact) mass is 651 g/mol. The van der Waals surface area contributed by atoms with Gasteiger partial charge in [-0.3, -0.25) is 9.63 Å². The van der Waals surface area contributed by atoms with E-state index in [4.69, 9.17) is 14.7 Å². The molecule has 9 heteroatoms. The highest BCUT2D eigenvalue weighted by Crippen LogP contribution is 2.24. The van der Waals surface area contributed by atoms with Crippen molar-refractivity contribution in [2.75, 3.05) is 26.7 Å². The molecule has 1 fully saturated rings. The number of unbranched alkanes of at least 4 members (excludes halogenated alkanes) is 1. The van der Waals surface area contributed by atoms with Gasteiger partial charge < -0.3 is 29.6 Å². The summed E-state index contributed by atoms with van der Waals surface area (Å²) < 4.78 is 0. The molecule has 0 spiro atoms. The number of carbonyl (C=O) groups is 3. The van der Waals surface area contributed by atoms with E-state index in [2.05, 4.69) is 61.8 Å². The Morgan fingerprint density at radius 1 is 1.00 bits per heavy atom. The molecule has 4 rings (SSSR count). The molecule has 0 aliphatic heterocycles. The molecule has 9 nitrogen and oxygen atoms in total. The molecule has 0 radical (unpaired) electrons. The van der Waals surface area contributed by atoms with Gasteiger partial charge in [0.1, 0.15) is 25.1 Å². The number of amides is 1. The quantitative estimate of drug-likeness (QED) is 0.0978. The predicted molar refractivity (Wildman–Crippen MR) is 190 cm³/mol. The Morgan fingerprint density at radius 2 is 1.66 bits per heavy atom. The van der Waals surface area contributed by atoms with Gasteiger partial charge in [0.05, 0.1) is 12.6 Å². The van der Waals surface area contributed by atoms with Gasteiger partial charge in [0.2, 0.25) is 6.41 Å². The maximum Gasteiger partial charge on any atom is 0.212 e. The molecular formula is C38H57N3O6. The van der Waals surface area contributed by atoms with Crippen LogP contribution in [0.1, 0.15) is 76.3 Å². The Labute approximate surface area is 281 Å². The van der Waals surface area contributed by atoms with Gasteiger partial charge in [-0.1, -0.05) is 99.2 Å². The molecular weight excluding hydrogens is 594 g/mol. The zero-order chi connectivity index (χ0) is 34.9. The number of phenolic OH excluding ortho intramolecular Hbond substituents is 1. The summed E-state index contributed by atoms with van der Waals surface area (Å²) in [6.07, 6.45) is 10.5. The number of benzene rings is 3. The number of aliphatic hydroxyl groups excluding tert-OH is 1. The van der Waals surface area contributed by atoms with Crippen LogP contribution in [-0.2, 0) is 25.8 Å². The number of aliphatic hydroxyl groups is 1. The number of carbonyl (C=O) groups excluding carboxylic acids is 3. The average molecular weight is 652 g/mol. The molecule has 1 saturated carbocycles. The number of rotatable bonds is 15. The molecule has 0 saturated heterocycles. The lowest BCUT2D eigenvalue weighted by molar-refractivity contribution is -0.132. The summed E-state index contributed by atoms with van der Waals surface area (Å²) in [6.45, 7) is 10.3. The second kappa shape index (κ2) is 25.5.